The van der Waals surface area contributed by atoms with Gasteiger partial charge in [0.2, 0.25) is 0 Å². The smallest absolute Gasteiger partial charge is 0.310 e. The number of halogens is 1. The summed E-state index contributed by atoms with van der Waals surface area (Å²) in [5.41, 5.74) is 0.0893. The molecule has 0 bridgehead atoms. The van der Waals surface area contributed by atoms with Gasteiger partial charge in [0.25, 0.3) is 0 Å². The SMILES string of the molecule is CCCC1(C(=O)O)CCN(C(C)Cc2ccccc2F)C1. The molecule has 21 heavy (non-hydrogen) atoms. The normalized spacial score (nSPS) is 24.1. The second-order valence-electron chi connectivity index (χ2n) is 6.20. The first-order chi connectivity index (χ1) is 9.98. The highest BCUT2D eigenvalue weighted by atomic mass is 19.1. The number of nitrogens with zero attached hydrogens (tertiary/aromatic N) is 1. The van der Waals surface area contributed by atoms with Crippen molar-refractivity contribution in [1.29, 1.82) is 0 Å². The van der Waals surface area contributed by atoms with Crippen molar-refractivity contribution in [2.75, 3.05) is 13.1 Å². The fraction of sp³-hybridized carbons (Fsp3) is 0.588. The third-order valence-corrected chi connectivity index (χ3v) is 4.66. The fourth-order valence-electron chi connectivity index (χ4n) is 3.36. The molecule has 1 aliphatic rings. The molecular formula is C17H24FNO2. The average molecular weight is 293 g/mol. The molecule has 0 spiro atoms. The summed E-state index contributed by atoms with van der Waals surface area (Å²) in [6.07, 6.45) is 2.90. The Morgan fingerprint density at radius 2 is 2.19 bits per heavy atom. The molecule has 1 aliphatic heterocycles. The summed E-state index contributed by atoms with van der Waals surface area (Å²) in [6.45, 7) is 5.43. The summed E-state index contributed by atoms with van der Waals surface area (Å²) in [4.78, 5) is 13.8. The molecule has 1 fully saturated rings. The van der Waals surface area contributed by atoms with Gasteiger partial charge in [-0.2, -0.15) is 0 Å². The minimum Gasteiger partial charge on any atom is -0.481 e. The van der Waals surface area contributed by atoms with Crippen LogP contribution >= 0.6 is 0 Å². The number of hydrogen-bond acceptors (Lipinski definition) is 2. The van der Waals surface area contributed by atoms with Crippen molar-refractivity contribution in [3.05, 3.63) is 35.6 Å². The Bertz CT molecular complexity index is 505. The molecule has 2 rings (SSSR count). The van der Waals surface area contributed by atoms with Gasteiger partial charge in [-0.15, -0.1) is 0 Å². The Hall–Kier alpha value is -1.42. The maximum Gasteiger partial charge on any atom is 0.310 e. The van der Waals surface area contributed by atoms with Gasteiger partial charge >= 0.3 is 5.97 Å². The van der Waals surface area contributed by atoms with E-state index in [4.69, 9.17) is 0 Å². The van der Waals surface area contributed by atoms with Crippen LogP contribution in [-0.2, 0) is 11.2 Å². The molecular weight excluding hydrogens is 269 g/mol. The van der Waals surface area contributed by atoms with Crippen LogP contribution in [0.4, 0.5) is 4.39 Å². The van der Waals surface area contributed by atoms with Crippen LogP contribution in [0.3, 0.4) is 0 Å². The molecule has 1 aromatic rings. The van der Waals surface area contributed by atoms with Crippen molar-refractivity contribution >= 4 is 5.97 Å². The van der Waals surface area contributed by atoms with Gasteiger partial charge in [0.05, 0.1) is 5.41 Å². The van der Waals surface area contributed by atoms with Crippen LogP contribution in [0.25, 0.3) is 0 Å². The highest BCUT2D eigenvalue weighted by molar-refractivity contribution is 5.75. The molecule has 0 aromatic heterocycles. The monoisotopic (exact) mass is 293 g/mol. The van der Waals surface area contributed by atoms with Crippen molar-refractivity contribution in [3.63, 3.8) is 0 Å². The number of benzene rings is 1. The molecule has 0 amide bonds. The van der Waals surface area contributed by atoms with Crippen LogP contribution in [0.5, 0.6) is 0 Å². The Labute approximate surface area is 125 Å². The zero-order valence-electron chi connectivity index (χ0n) is 12.8. The standard InChI is InChI=1S/C17H24FNO2/c1-3-8-17(16(20)21)9-10-19(12-17)13(2)11-14-6-4-5-7-15(14)18/h4-7,13H,3,8-12H2,1-2H3,(H,20,21). The number of hydrogen-bond donors (Lipinski definition) is 1. The van der Waals surface area contributed by atoms with Crippen molar-refractivity contribution < 1.29 is 14.3 Å². The Balaban J connectivity index is 2.03. The lowest BCUT2D eigenvalue weighted by atomic mass is 9.82. The zero-order valence-corrected chi connectivity index (χ0v) is 12.8. The molecule has 1 aromatic carbocycles. The minimum atomic E-state index is -0.690. The fourth-order valence-corrected chi connectivity index (χ4v) is 3.36. The first-order valence-corrected chi connectivity index (χ1v) is 7.69. The van der Waals surface area contributed by atoms with Crippen LogP contribution in [0, 0.1) is 11.2 Å². The number of carbonyl (C=O) groups is 1. The highest BCUT2D eigenvalue weighted by Gasteiger charge is 2.44. The second-order valence-corrected chi connectivity index (χ2v) is 6.20. The number of rotatable bonds is 6. The van der Waals surface area contributed by atoms with Crippen molar-refractivity contribution in [1.82, 2.24) is 4.90 Å². The van der Waals surface area contributed by atoms with Gasteiger partial charge in [0.1, 0.15) is 5.82 Å². The van der Waals surface area contributed by atoms with Crippen molar-refractivity contribution in [3.8, 4) is 0 Å². The average Bonchev–Trinajstić information content (AvgIpc) is 2.87. The van der Waals surface area contributed by atoms with E-state index in [1.165, 1.54) is 6.07 Å². The van der Waals surface area contributed by atoms with E-state index < -0.39 is 11.4 Å². The third-order valence-electron chi connectivity index (χ3n) is 4.66. The molecule has 0 saturated carbocycles. The van der Waals surface area contributed by atoms with Crippen molar-refractivity contribution in [2.24, 2.45) is 5.41 Å². The summed E-state index contributed by atoms with van der Waals surface area (Å²) < 4.78 is 13.7. The lowest BCUT2D eigenvalue weighted by molar-refractivity contribution is -0.148. The molecule has 0 aliphatic carbocycles. The van der Waals surface area contributed by atoms with E-state index >= 15 is 0 Å². The number of carboxylic acid groups (broad SMARTS) is 1. The summed E-state index contributed by atoms with van der Waals surface area (Å²) in [5, 5.41) is 9.54. The van der Waals surface area contributed by atoms with Gasteiger partial charge < -0.3 is 5.11 Å². The van der Waals surface area contributed by atoms with Gasteiger partial charge in [-0.05, 0) is 44.4 Å². The summed E-state index contributed by atoms with van der Waals surface area (Å²) >= 11 is 0. The summed E-state index contributed by atoms with van der Waals surface area (Å²) in [6, 6.07) is 6.97. The predicted molar refractivity (Wildman–Crippen MR) is 80.7 cm³/mol. The van der Waals surface area contributed by atoms with Crippen LogP contribution in [0.1, 0.15) is 38.7 Å². The van der Waals surface area contributed by atoms with Gasteiger partial charge in [-0.3, -0.25) is 9.69 Å². The highest BCUT2D eigenvalue weighted by Crippen LogP contribution is 2.36. The van der Waals surface area contributed by atoms with Gasteiger partial charge in [0, 0.05) is 12.6 Å². The van der Waals surface area contributed by atoms with E-state index in [0.29, 0.717) is 31.4 Å². The largest absolute Gasteiger partial charge is 0.481 e. The van der Waals surface area contributed by atoms with Gasteiger partial charge in [-0.1, -0.05) is 31.5 Å². The van der Waals surface area contributed by atoms with E-state index in [9.17, 15) is 14.3 Å². The van der Waals surface area contributed by atoms with E-state index in [-0.39, 0.29) is 11.9 Å². The Morgan fingerprint density at radius 3 is 2.81 bits per heavy atom. The summed E-state index contributed by atoms with van der Waals surface area (Å²) in [5.74, 6) is -0.869. The van der Waals surface area contributed by atoms with E-state index in [1.54, 1.807) is 12.1 Å². The summed E-state index contributed by atoms with van der Waals surface area (Å²) in [7, 11) is 0. The van der Waals surface area contributed by atoms with Gasteiger partial charge in [0.15, 0.2) is 0 Å². The second kappa shape index (κ2) is 6.56. The topological polar surface area (TPSA) is 40.5 Å². The van der Waals surface area contributed by atoms with Crippen molar-refractivity contribution in [2.45, 2.75) is 45.6 Å². The van der Waals surface area contributed by atoms with Crippen LogP contribution in [-0.4, -0.2) is 35.1 Å². The molecule has 1 N–H and O–H groups in total. The zero-order chi connectivity index (χ0) is 15.5. The first-order valence-electron chi connectivity index (χ1n) is 7.69. The molecule has 4 heteroatoms. The maximum absolute atomic E-state index is 13.7. The number of likely N-dealkylation sites (tertiary alicyclic amines) is 1. The number of aliphatic carboxylic acids is 1. The number of carboxylic acids is 1. The maximum atomic E-state index is 13.7. The lowest BCUT2D eigenvalue weighted by Gasteiger charge is -2.28. The third kappa shape index (κ3) is 3.43. The molecule has 0 radical (unpaired) electrons. The molecule has 2 atom stereocenters. The first kappa shape index (κ1) is 16.0. The molecule has 1 heterocycles. The van der Waals surface area contributed by atoms with Crippen LogP contribution < -0.4 is 0 Å². The van der Waals surface area contributed by atoms with E-state index in [1.807, 2.05) is 13.0 Å². The van der Waals surface area contributed by atoms with Gasteiger partial charge in [-0.25, -0.2) is 4.39 Å². The molecule has 2 unspecified atom stereocenters. The van der Waals surface area contributed by atoms with Crippen LogP contribution in [0.2, 0.25) is 0 Å². The Kier molecular flexibility index (Phi) is 4.99. The molecule has 1 saturated heterocycles. The Morgan fingerprint density at radius 1 is 1.48 bits per heavy atom. The minimum absolute atomic E-state index is 0.153. The molecule has 3 nitrogen and oxygen atoms in total. The van der Waals surface area contributed by atoms with Crippen LogP contribution in [0.15, 0.2) is 24.3 Å². The van der Waals surface area contributed by atoms with E-state index in [0.717, 1.165) is 13.0 Å². The van der Waals surface area contributed by atoms with E-state index in [2.05, 4.69) is 11.8 Å². The quantitative estimate of drug-likeness (QED) is 0.874. The lowest BCUT2D eigenvalue weighted by Crippen LogP contribution is -2.38. The molecule has 116 valence electrons. The predicted octanol–water partition coefficient (Wildman–Crippen LogP) is 3.33.